The molecular formula is C23H22ClN3O3. The van der Waals surface area contributed by atoms with E-state index in [2.05, 4.69) is 22.1 Å². The van der Waals surface area contributed by atoms with E-state index >= 15 is 0 Å². The molecule has 0 bridgehead atoms. The van der Waals surface area contributed by atoms with Crippen LogP contribution in [0.25, 0.3) is 10.9 Å². The van der Waals surface area contributed by atoms with Crippen molar-refractivity contribution < 1.29 is 14.3 Å². The molecule has 0 radical (unpaired) electrons. The zero-order chi connectivity index (χ0) is 20.8. The summed E-state index contributed by atoms with van der Waals surface area (Å²) in [4.78, 5) is 26.5. The average Bonchev–Trinajstić information content (AvgIpc) is 3.08. The number of carbonyl (C=O) groups is 2. The number of nitrogens with one attached hydrogen (secondary N) is 1. The maximum absolute atomic E-state index is 13.0. The molecule has 6 nitrogen and oxygen atoms in total. The highest BCUT2D eigenvalue weighted by Gasteiger charge is 2.27. The van der Waals surface area contributed by atoms with Gasteiger partial charge in [-0.1, -0.05) is 17.7 Å². The van der Waals surface area contributed by atoms with Crippen LogP contribution in [0.2, 0.25) is 5.02 Å². The molecule has 2 aliphatic rings. The fraction of sp³-hybridized carbons (Fsp3) is 0.304. The molecule has 0 unspecified atom stereocenters. The topological polar surface area (TPSA) is 63.6 Å². The molecule has 0 aliphatic carbocycles. The molecule has 30 heavy (non-hydrogen) atoms. The lowest BCUT2D eigenvalue weighted by Crippen LogP contribution is -2.38. The summed E-state index contributed by atoms with van der Waals surface area (Å²) < 4.78 is 7.50. The fourth-order valence-corrected chi connectivity index (χ4v) is 4.67. The second-order valence-corrected chi connectivity index (χ2v) is 8.41. The summed E-state index contributed by atoms with van der Waals surface area (Å²) in [5, 5.41) is 4.74. The maximum atomic E-state index is 13.0. The first kappa shape index (κ1) is 19.0. The highest BCUT2D eigenvalue weighted by atomic mass is 35.5. The van der Waals surface area contributed by atoms with E-state index in [1.54, 1.807) is 18.2 Å². The molecule has 5 rings (SSSR count). The molecule has 2 amide bonds. The number of piperidine rings is 1. The van der Waals surface area contributed by atoms with Crippen LogP contribution in [0.3, 0.4) is 0 Å². The number of benzene rings is 2. The standard InChI is InChI=1S/C23H22ClN3O3/c1-26-12-18(17-4-3-16(24)11-20(17)26)14-6-8-27(9-7-14)23(29)15-2-5-21-19(10-15)25-22(28)13-30-21/h2-5,10-12,14H,6-9,13H2,1H3,(H,25,28). The summed E-state index contributed by atoms with van der Waals surface area (Å²) in [6.07, 6.45) is 4.02. The summed E-state index contributed by atoms with van der Waals surface area (Å²) in [7, 11) is 2.04. The van der Waals surface area contributed by atoms with Gasteiger partial charge in [0.1, 0.15) is 5.75 Å². The average molecular weight is 424 g/mol. The van der Waals surface area contributed by atoms with Crippen LogP contribution in [0.15, 0.2) is 42.6 Å². The number of amides is 2. The van der Waals surface area contributed by atoms with E-state index in [4.69, 9.17) is 16.3 Å². The Labute approximate surface area is 179 Å². The van der Waals surface area contributed by atoms with Gasteiger partial charge in [0, 0.05) is 47.8 Å². The van der Waals surface area contributed by atoms with Crippen LogP contribution in [0.1, 0.15) is 34.7 Å². The van der Waals surface area contributed by atoms with Crippen LogP contribution in [-0.2, 0) is 11.8 Å². The van der Waals surface area contributed by atoms with Crippen molar-refractivity contribution in [2.24, 2.45) is 7.05 Å². The van der Waals surface area contributed by atoms with Gasteiger partial charge in [-0.15, -0.1) is 0 Å². The third kappa shape index (κ3) is 3.31. The van der Waals surface area contributed by atoms with Crippen molar-refractivity contribution in [1.82, 2.24) is 9.47 Å². The first-order chi connectivity index (χ1) is 14.5. The number of hydrogen-bond donors (Lipinski definition) is 1. The van der Waals surface area contributed by atoms with Crippen molar-refractivity contribution in [3.63, 3.8) is 0 Å². The van der Waals surface area contributed by atoms with Crippen LogP contribution in [-0.4, -0.2) is 41.0 Å². The number of aryl methyl sites for hydroxylation is 1. The van der Waals surface area contributed by atoms with Crippen molar-refractivity contribution in [2.45, 2.75) is 18.8 Å². The first-order valence-corrected chi connectivity index (χ1v) is 10.5. The molecule has 2 aromatic carbocycles. The number of ether oxygens (including phenoxy) is 1. The summed E-state index contributed by atoms with van der Waals surface area (Å²) >= 11 is 6.16. The first-order valence-electron chi connectivity index (χ1n) is 10.1. The van der Waals surface area contributed by atoms with Crippen LogP contribution in [0.5, 0.6) is 5.75 Å². The number of hydrogen-bond acceptors (Lipinski definition) is 3. The van der Waals surface area contributed by atoms with Gasteiger partial charge in [-0.3, -0.25) is 9.59 Å². The van der Waals surface area contributed by atoms with E-state index in [-0.39, 0.29) is 18.4 Å². The number of fused-ring (bicyclic) bond motifs is 2. The van der Waals surface area contributed by atoms with Crippen molar-refractivity contribution >= 4 is 40.0 Å². The van der Waals surface area contributed by atoms with Crippen LogP contribution in [0.4, 0.5) is 5.69 Å². The molecule has 1 fully saturated rings. The second-order valence-electron chi connectivity index (χ2n) is 7.97. The number of rotatable bonds is 2. The lowest BCUT2D eigenvalue weighted by Gasteiger charge is -2.32. The van der Waals surface area contributed by atoms with Crippen molar-refractivity contribution in [3.8, 4) is 5.75 Å². The SMILES string of the molecule is Cn1cc(C2CCN(C(=O)c3ccc4c(c3)NC(=O)CO4)CC2)c2ccc(Cl)cc21. The van der Waals surface area contributed by atoms with E-state index in [1.807, 2.05) is 24.1 Å². The van der Waals surface area contributed by atoms with E-state index in [0.717, 1.165) is 23.4 Å². The Morgan fingerprint density at radius 3 is 2.77 bits per heavy atom. The fourth-order valence-electron chi connectivity index (χ4n) is 4.51. The molecule has 154 valence electrons. The molecule has 3 aromatic rings. The molecule has 2 aliphatic heterocycles. The molecule has 0 spiro atoms. The Bertz CT molecular complexity index is 1160. The summed E-state index contributed by atoms with van der Waals surface area (Å²) in [6, 6.07) is 11.2. The van der Waals surface area contributed by atoms with Gasteiger partial charge in [0.15, 0.2) is 6.61 Å². The van der Waals surface area contributed by atoms with Gasteiger partial charge in [0.05, 0.1) is 5.69 Å². The predicted octanol–water partition coefficient (Wildman–Crippen LogP) is 4.18. The van der Waals surface area contributed by atoms with Crippen molar-refractivity contribution in [2.75, 3.05) is 25.0 Å². The number of aromatic nitrogens is 1. The smallest absolute Gasteiger partial charge is 0.262 e. The van der Waals surface area contributed by atoms with E-state index in [1.165, 1.54) is 10.9 Å². The van der Waals surface area contributed by atoms with E-state index < -0.39 is 0 Å². The minimum Gasteiger partial charge on any atom is -0.482 e. The van der Waals surface area contributed by atoms with Crippen molar-refractivity contribution in [3.05, 3.63) is 58.7 Å². The predicted molar refractivity (Wildman–Crippen MR) is 116 cm³/mol. The van der Waals surface area contributed by atoms with Gasteiger partial charge in [-0.05, 0) is 54.7 Å². The van der Waals surface area contributed by atoms with Gasteiger partial charge >= 0.3 is 0 Å². The van der Waals surface area contributed by atoms with Crippen molar-refractivity contribution in [1.29, 1.82) is 0 Å². The lowest BCUT2D eigenvalue weighted by molar-refractivity contribution is -0.118. The minimum absolute atomic E-state index is 0.00812. The summed E-state index contributed by atoms with van der Waals surface area (Å²) in [5.74, 6) is 0.793. The summed E-state index contributed by atoms with van der Waals surface area (Å²) in [6.45, 7) is 1.41. The Morgan fingerprint density at radius 1 is 1.17 bits per heavy atom. The Morgan fingerprint density at radius 2 is 1.97 bits per heavy atom. The number of anilines is 1. The molecule has 1 saturated heterocycles. The van der Waals surface area contributed by atoms with Crippen LogP contribution in [0, 0.1) is 0 Å². The molecule has 0 atom stereocenters. The second kappa shape index (κ2) is 7.36. The zero-order valence-corrected chi connectivity index (χ0v) is 17.4. The van der Waals surface area contributed by atoms with Crippen LogP contribution < -0.4 is 10.1 Å². The number of carbonyl (C=O) groups excluding carboxylic acids is 2. The zero-order valence-electron chi connectivity index (χ0n) is 16.7. The third-order valence-corrected chi connectivity index (χ3v) is 6.30. The quantitative estimate of drug-likeness (QED) is 0.672. The minimum atomic E-state index is -0.204. The molecule has 0 saturated carbocycles. The highest BCUT2D eigenvalue weighted by molar-refractivity contribution is 6.31. The van der Waals surface area contributed by atoms with Gasteiger partial charge < -0.3 is 19.5 Å². The van der Waals surface area contributed by atoms with Crippen LogP contribution >= 0.6 is 11.6 Å². The highest BCUT2D eigenvalue weighted by Crippen LogP contribution is 2.36. The molecule has 1 aromatic heterocycles. The van der Waals surface area contributed by atoms with E-state index in [0.29, 0.717) is 36.0 Å². The van der Waals surface area contributed by atoms with Gasteiger partial charge in [-0.25, -0.2) is 0 Å². The summed E-state index contributed by atoms with van der Waals surface area (Å²) in [5.41, 5.74) is 3.58. The monoisotopic (exact) mass is 423 g/mol. The Balaban J connectivity index is 1.31. The van der Waals surface area contributed by atoms with Gasteiger partial charge in [-0.2, -0.15) is 0 Å². The van der Waals surface area contributed by atoms with Gasteiger partial charge in [0.2, 0.25) is 0 Å². The Hall–Kier alpha value is -2.99. The number of likely N-dealkylation sites (tertiary alicyclic amines) is 1. The lowest BCUT2D eigenvalue weighted by atomic mass is 9.89. The molecule has 7 heteroatoms. The molecular weight excluding hydrogens is 402 g/mol. The molecule has 3 heterocycles. The third-order valence-electron chi connectivity index (χ3n) is 6.06. The number of nitrogens with zero attached hydrogens (tertiary/aromatic N) is 2. The van der Waals surface area contributed by atoms with Gasteiger partial charge in [0.25, 0.3) is 11.8 Å². The molecule has 1 N–H and O–H groups in total. The Kier molecular flexibility index (Phi) is 4.66. The van der Waals surface area contributed by atoms with E-state index in [9.17, 15) is 9.59 Å². The normalized spacial score (nSPS) is 16.9. The largest absolute Gasteiger partial charge is 0.482 e. The maximum Gasteiger partial charge on any atom is 0.262 e. The number of halogens is 1.